The maximum Gasteiger partial charge on any atom is 0.179 e. The maximum absolute atomic E-state index is 14.4. The molecule has 0 radical (unpaired) electrons. The molecule has 6 nitrogen and oxygen atoms in total. The van der Waals surface area contributed by atoms with Crippen LogP contribution in [0.1, 0.15) is 133 Å². The van der Waals surface area contributed by atoms with Crippen LogP contribution in [0.25, 0.3) is 27.2 Å². The van der Waals surface area contributed by atoms with Gasteiger partial charge in [-0.1, -0.05) is 101 Å². The minimum atomic E-state index is -0.210. The van der Waals surface area contributed by atoms with Crippen LogP contribution in [-0.2, 0) is 13.0 Å². The summed E-state index contributed by atoms with van der Waals surface area (Å²) < 4.78 is 16.4. The number of aliphatic hydroxyl groups is 1. The van der Waals surface area contributed by atoms with Crippen LogP contribution < -0.4 is 5.32 Å². The summed E-state index contributed by atoms with van der Waals surface area (Å²) in [6, 6.07) is 15.5. The second-order valence-electron chi connectivity index (χ2n) is 14.9. The molecule has 2 N–H and O–H groups in total. The van der Waals surface area contributed by atoms with E-state index in [9.17, 15) is 9.18 Å². The van der Waals surface area contributed by atoms with Crippen LogP contribution in [0.15, 0.2) is 71.8 Å². The number of fused-ring (bicyclic) bond motifs is 2. The van der Waals surface area contributed by atoms with E-state index >= 15 is 0 Å². The Hall–Kier alpha value is -3.62. The fraction of sp³-hybridized carbons (Fsp3) is 0.510. The van der Waals surface area contributed by atoms with Crippen molar-refractivity contribution in [2.45, 2.75) is 119 Å². The quantitative estimate of drug-likeness (QED) is 0.0597. The molecule has 1 aromatic heterocycles. The topological polar surface area (TPSA) is 69.9 Å². The van der Waals surface area contributed by atoms with Crippen molar-refractivity contribution in [1.82, 2.24) is 14.8 Å². The smallest absolute Gasteiger partial charge is 0.179 e. The Morgan fingerprint density at radius 1 is 1.02 bits per heavy atom. The molecule has 5 rings (SSSR count). The number of aliphatic hydroxyl groups excluding tert-OH is 1. The molecule has 0 spiro atoms. The van der Waals surface area contributed by atoms with Crippen molar-refractivity contribution < 1.29 is 14.3 Å². The lowest BCUT2D eigenvalue weighted by molar-refractivity contribution is 0.0969. The highest BCUT2D eigenvalue weighted by atomic mass is 35.5. The van der Waals surface area contributed by atoms with Gasteiger partial charge in [-0.15, -0.1) is 6.58 Å². The molecular formula is C49H70ClFN4O2. The molecule has 1 fully saturated rings. The summed E-state index contributed by atoms with van der Waals surface area (Å²) in [5, 5.41) is 15.3. The second-order valence-corrected chi connectivity index (χ2v) is 15.3. The Morgan fingerprint density at radius 3 is 2.37 bits per heavy atom. The predicted molar refractivity (Wildman–Crippen MR) is 245 cm³/mol. The van der Waals surface area contributed by atoms with Gasteiger partial charge in [0.1, 0.15) is 5.82 Å². The molecular weight excluding hydrogens is 731 g/mol. The molecule has 0 aliphatic carbocycles. The Bertz CT molecular complexity index is 1960. The zero-order chi connectivity index (χ0) is 41.9. The molecule has 0 amide bonds. The summed E-state index contributed by atoms with van der Waals surface area (Å²) in [4.78, 5) is 21.6. The first kappa shape index (κ1) is 47.8. The number of aryl methyl sites for hydroxylation is 1. The molecule has 57 heavy (non-hydrogen) atoms. The average Bonchev–Trinajstić information content (AvgIpc) is 3.54. The van der Waals surface area contributed by atoms with E-state index in [2.05, 4.69) is 73.1 Å². The number of hydrogen-bond acceptors (Lipinski definition) is 5. The number of nitrogens with zero attached hydrogens (tertiary/aromatic N) is 3. The third kappa shape index (κ3) is 12.7. The number of aliphatic imine (C=N–C) groups is 1. The molecule has 0 saturated carbocycles. The van der Waals surface area contributed by atoms with Crippen molar-refractivity contribution in [1.29, 1.82) is 0 Å². The molecule has 1 aliphatic heterocycles. The van der Waals surface area contributed by atoms with Gasteiger partial charge in [-0.05, 0) is 98.4 Å². The summed E-state index contributed by atoms with van der Waals surface area (Å²) in [7, 11) is 1.85. The molecule has 8 heteroatoms. The normalized spacial score (nSPS) is 14.4. The molecule has 4 aromatic rings. The average molecular weight is 802 g/mol. The highest BCUT2D eigenvalue weighted by Crippen LogP contribution is 2.41. The summed E-state index contributed by atoms with van der Waals surface area (Å²) in [6.45, 7) is 24.1. The van der Waals surface area contributed by atoms with Crippen LogP contribution in [0.5, 0.6) is 0 Å². The number of nitrogens with one attached hydrogen (secondary N) is 1. The first-order valence-corrected chi connectivity index (χ1v) is 21.8. The summed E-state index contributed by atoms with van der Waals surface area (Å²) in [6.07, 6.45) is 9.41. The summed E-state index contributed by atoms with van der Waals surface area (Å²) in [5.41, 5.74) is 8.65. The Balaban J connectivity index is 0.00000115. The molecule has 1 unspecified atom stereocenters. The number of rotatable bonds is 18. The van der Waals surface area contributed by atoms with E-state index in [1.54, 1.807) is 18.2 Å². The summed E-state index contributed by atoms with van der Waals surface area (Å²) >= 11 is 7.23. The number of ketones is 1. The molecule has 3 aromatic carbocycles. The summed E-state index contributed by atoms with van der Waals surface area (Å²) in [5.74, 6) is 0.295. The molecule has 0 bridgehead atoms. The van der Waals surface area contributed by atoms with E-state index in [-0.39, 0.29) is 24.1 Å². The van der Waals surface area contributed by atoms with E-state index in [0.717, 1.165) is 134 Å². The second kappa shape index (κ2) is 25.0. The van der Waals surface area contributed by atoms with E-state index in [0.29, 0.717) is 17.9 Å². The predicted octanol–water partition coefficient (Wildman–Crippen LogP) is 12.2. The number of piperazine rings is 1. The zero-order valence-corrected chi connectivity index (χ0v) is 37.0. The Morgan fingerprint density at radius 2 is 1.74 bits per heavy atom. The van der Waals surface area contributed by atoms with Crippen molar-refractivity contribution in [3.63, 3.8) is 0 Å². The van der Waals surface area contributed by atoms with E-state index in [1.165, 1.54) is 11.1 Å². The van der Waals surface area contributed by atoms with Gasteiger partial charge < -0.3 is 15.0 Å². The highest BCUT2D eigenvalue weighted by Gasteiger charge is 2.28. The minimum absolute atomic E-state index is 0.210. The Labute approximate surface area is 348 Å². The lowest BCUT2D eigenvalue weighted by Crippen LogP contribution is -2.44. The Kier molecular flexibility index (Phi) is 20.9. The number of carbonyl (C=O) groups is 1. The van der Waals surface area contributed by atoms with Gasteiger partial charge in [-0.2, -0.15) is 0 Å². The van der Waals surface area contributed by atoms with Gasteiger partial charge in [0.05, 0.1) is 16.2 Å². The van der Waals surface area contributed by atoms with Gasteiger partial charge in [-0.3, -0.25) is 14.7 Å². The fourth-order valence-corrected chi connectivity index (χ4v) is 8.26. The van der Waals surface area contributed by atoms with Crippen molar-refractivity contribution in [3.8, 4) is 0 Å². The first-order valence-electron chi connectivity index (χ1n) is 21.4. The number of Topliss-reactive ketones (excluding diaryl/α,β-unsaturated/α-hetero) is 1. The largest absolute Gasteiger partial charge is 0.396 e. The van der Waals surface area contributed by atoms with Crippen LogP contribution in [0.4, 0.5) is 4.39 Å². The van der Waals surface area contributed by atoms with Crippen molar-refractivity contribution in [3.05, 3.63) is 100.0 Å². The van der Waals surface area contributed by atoms with E-state index in [4.69, 9.17) is 16.7 Å². The van der Waals surface area contributed by atoms with E-state index in [1.807, 2.05) is 45.2 Å². The van der Waals surface area contributed by atoms with Crippen molar-refractivity contribution >= 4 is 50.3 Å². The number of hydrogen-bond donors (Lipinski definition) is 2. The number of unbranched alkanes of at least 4 members (excludes halogenated alkanes) is 1. The zero-order valence-electron chi connectivity index (χ0n) is 36.2. The molecule has 1 aliphatic rings. The van der Waals surface area contributed by atoms with Gasteiger partial charge in [0.15, 0.2) is 5.78 Å². The van der Waals surface area contributed by atoms with E-state index < -0.39 is 0 Å². The molecule has 1 saturated heterocycles. The number of benzene rings is 3. The van der Waals surface area contributed by atoms with Gasteiger partial charge in [0.25, 0.3) is 0 Å². The third-order valence-electron chi connectivity index (χ3n) is 11.0. The lowest BCUT2D eigenvalue weighted by Gasteiger charge is -2.28. The fourth-order valence-electron chi connectivity index (χ4n) is 8.01. The minimum Gasteiger partial charge on any atom is -0.396 e. The van der Waals surface area contributed by atoms with Gasteiger partial charge in [-0.25, -0.2) is 4.39 Å². The van der Waals surface area contributed by atoms with Crippen molar-refractivity contribution in [2.75, 3.05) is 46.4 Å². The third-order valence-corrected chi connectivity index (χ3v) is 11.3. The van der Waals surface area contributed by atoms with Crippen LogP contribution in [-0.4, -0.2) is 72.4 Å². The van der Waals surface area contributed by atoms with Gasteiger partial charge in [0, 0.05) is 81.6 Å². The van der Waals surface area contributed by atoms with Crippen LogP contribution in [0.3, 0.4) is 0 Å². The maximum atomic E-state index is 14.4. The van der Waals surface area contributed by atoms with Gasteiger partial charge in [0.2, 0.25) is 0 Å². The lowest BCUT2D eigenvalue weighted by atomic mass is 9.89. The molecule has 312 valence electrons. The van der Waals surface area contributed by atoms with Crippen molar-refractivity contribution in [2.24, 2.45) is 4.99 Å². The highest BCUT2D eigenvalue weighted by molar-refractivity contribution is 6.38. The molecule has 2 heterocycles. The number of allylic oxidation sites excluding steroid dienone is 2. The number of halogens is 2. The number of carbonyl (C=O) groups excluding carboxylic acids is 1. The van der Waals surface area contributed by atoms with Crippen LogP contribution in [0.2, 0.25) is 5.02 Å². The SMILES string of the molecule is C=CCCO.CC.CCCCC(=O)c1c(CCCC(C)c2cccc3cc(F)ccc23)c2ccc(Cl)c(/C(C(C)=NC)=C(\C)CCC)c2n1CCN1CCNCC1. The van der Waals surface area contributed by atoms with Crippen LogP contribution >= 0.6 is 11.6 Å². The first-order chi connectivity index (χ1) is 27.6. The number of aromatic nitrogens is 1. The van der Waals surface area contributed by atoms with Crippen LogP contribution in [0, 0.1) is 5.82 Å². The van der Waals surface area contributed by atoms with Gasteiger partial charge >= 0.3 is 0 Å². The molecule has 1 atom stereocenters. The standard InChI is InChI=1S/C43H56ClFN4O.C4H8O.C2H6/c1-7-9-17-39(50)42-36(16-10-13-29(3)34-15-11-14-32-28-33(45)18-19-35(32)34)37-20-21-38(44)41(40(31(5)46-6)30(4)12-8-2)43(37)49(42)27-26-48-24-22-47-23-25-48;1-2-3-4-5;1-2/h11,14-15,18-21,28-29,47H,7-10,12-13,16-17,22-27H2,1-6H3;2,5H,1,3-4H2;1-2H3/b40-30+,46-31?;;. The monoisotopic (exact) mass is 801 g/mol.